The number of imidazole rings is 2. The topological polar surface area (TPSA) is 81.7 Å². The predicted molar refractivity (Wildman–Crippen MR) is 131 cm³/mol. The molecular weight excluding hydrogens is 496 g/mol. The number of anilines is 1. The molecule has 3 aromatic heterocycles. The summed E-state index contributed by atoms with van der Waals surface area (Å²) in [6.45, 7) is 1.91. The number of hydrogen-bond donors (Lipinski definition) is 3. The lowest BCUT2D eigenvalue weighted by Gasteiger charge is -2.26. The van der Waals surface area contributed by atoms with Crippen LogP contribution in [0.1, 0.15) is 19.3 Å². The van der Waals surface area contributed by atoms with E-state index in [9.17, 15) is 4.79 Å². The molecule has 0 spiro atoms. The van der Waals surface area contributed by atoms with Gasteiger partial charge in [-0.15, -0.1) is 11.3 Å². The van der Waals surface area contributed by atoms with Gasteiger partial charge in [-0.1, -0.05) is 0 Å². The summed E-state index contributed by atoms with van der Waals surface area (Å²) in [5.74, 6) is 0.860. The van der Waals surface area contributed by atoms with Crippen LogP contribution in [0.4, 0.5) is 5.82 Å². The summed E-state index contributed by atoms with van der Waals surface area (Å²) in [6.07, 6.45) is 5.04. The number of nitrogens with one attached hydrogen (secondary N) is 3. The minimum absolute atomic E-state index is 0.115. The van der Waals surface area contributed by atoms with Crippen LogP contribution >= 0.6 is 39.5 Å². The Bertz CT molecular complexity index is 1300. The van der Waals surface area contributed by atoms with Crippen molar-refractivity contribution in [3.63, 3.8) is 0 Å². The van der Waals surface area contributed by atoms with Crippen LogP contribution in [-0.2, 0) is 4.79 Å². The predicted octanol–water partition coefficient (Wildman–Crippen LogP) is 5.33. The van der Waals surface area contributed by atoms with Crippen LogP contribution in [0.15, 0.2) is 40.4 Å². The Kier molecular flexibility index (Phi) is 5.68. The highest BCUT2D eigenvalue weighted by Gasteiger charge is 2.21. The normalized spacial score (nSPS) is 14.3. The second-order valence-corrected chi connectivity index (χ2v) is 9.73. The Morgan fingerprint density at radius 1 is 1.26 bits per heavy atom. The van der Waals surface area contributed by atoms with Crippen LogP contribution in [0.5, 0.6) is 0 Å². The fourth-order valence-electron chi connectivity index (χ4n) is 3.96. The molecule has 1 fully saturated rings. The molecule has 160 valence electrons. The number of thiophene rings is 1. The Balaban J connectivity index is 1.53. The fraction of sp³-hybridized carbons (Fsp3) is 0.286. The SMILES string of the molecule is O=C(CNc1[nH]c(=S)n(-c2ccc3nc[nH]c3c2)c1-c1cc(Br)cs1)N1CCCCC1. The minimum Gasteiger partial charge on any atom is -0.361 e. The van der Waals surface area contributed by atoms with Crippen molar-refractivity contribution in [3.05, 3.63) is 45.2 Å². The van der Waals surface area contributed by atoms with Crippen LogP contribution in [-0.4, -0.2) is 50.0 Å². The van der Waals surface area contributed by atoms with E-state index in [-0.39, 0.29) is 12.5 Å². The van der Waals surface area contributed by atoms with Crippen LogP contribution < -0.4 is 5.32 Å². The molecule has 0 bridgehead atoms. The van der Waals surface area contributed by atoms with Crippen LogP contribution in [0.25, 0.3) is 27.3 Å². The Morgan fingerprint density at radius 3 is 2.87 bits per heavy atom. The number of nitrogens with zero attached hydrogens (tertiary/aromatic N) is 3. The van der Waals surface area contributed by atoms with Gasteiger partial charge in [0.2, 0.25) is 5.91 Å². The first kappa shape index (κ1) is 20.5. The molecule has 1 aliphatic heterocycles. The lowest BCUT2D eigenvalue weighted by Crippen LogP contribution is -2.39. The van der Waals surface area contributed by atoms with Crippen molar-refractivity contribution < 1.29 is 4.79 Å². The number of aromatic amines is 2. The van der Waals surface area contributed by atoms with Gasteiger partial charge in [0.25, 0.3) is 0 Å². The van der Waals surface area contributed by atoms with Crippen molar-refractivity contribution in [1.82, 2.24) is 24.4 Å². The molecule has 31 heavy (non-hydrogen) atoms. The van der Waals surface area contributed by atoms with E-state index in [4.69, 9.17) is 12.2 Å². The van der Waals surface area contributed by atoms with Gasteiger partial charge in [-0.3, -0.25) is 9.36 Å². The number of benzene rings is 1. The summed E-state index contributed by atoms with van der Waals surface area (Å²) >= 11 is 10.9. The van der Waals surface area contributed by atoms with Crippen molar-refractivity contribution in [3.8, 4) is 16.3 Å². The molecule has 0 atom stereocenters. The zero-order valence-corrected chi connectivity index (χ0v) is 19.9. The van der Waals surface area contributed by atoms with E-state index in [0.717, 1.165) is 63.5 Å². The lowest BCUT2D eigenvalue weighted by molar-refractivity contribution is -0.130. The standard InChI is InChI=1S/C21H21BrN6OS2/c22-13-8-17(31-11-13)19-20(23-10-18(29)27-6-2-1-3-7-27)26-21(30)28(19)14-4-5-15-16(9-14)25-12-24-15/h4-5,8-9,11-12,23H,1-3,6-7,10H2,(H,24,25)(H,26,30). The van der Waals surface area contributed by atoms with E-state index in [2.05, 4.69) is 42.3 Å². The fourth-order valence-corrected chi connectivity index (χ4v) is 5.73. The lowest BCUT2D eigenvalue weighted by atomic mass is 10.1. The van der Waals surface area contributed by atoms with Crippen molar-refractivity contribution in [1.29, 1.82) is 0 Å². The molecule has 0 radical (unpaired) electrons. The number of rotatable bonds is 5. The highest BCUT2D eigenvalue weighted by atomic mass is 79.9. The van der Waals surface area contributed by atoms with Gasteiger partial charge in [0.15, 0.2) is 4.77 Å². The van der Waals surface area contributed by atoms with Gasteiger partial charge in [-0.2, -0.15) is 0 Å². The third-order valence-corrected chi connectivity index (χ3v) is 7.47. The zero-order chi connectivity index (χ0) is 21.4. The van der Waals surface area contributed by atoms with Crippen LogP contribution in [0.3, 0.4) is 0 Å². The van der Waals surface area contributed by atoms with E-state index >= 15 is 0 Å². The number of likely N-dealkylation sites (tertiary alicyclic amines) is 1. The Morgan fingerprint density at radius 2 is 2.10 bits per heavy atom. The maximum atomic E-state index is 12.7. The highest BCUT2D eigenvalue weighted by Crippen LogP contribution is 2.37. The number of halogens is 1. The molecule has 1 saturated heterocycles. The van der Waals surface area contributed by atoms with Gasteiger partial charge >= 0.3 is 0 Å². The molecule has 0 aliphatic carbocycles. The Labute approximate surface area is 196 Å². The van der Waals surface area contributed by atoms with Gasteiger partial charge in [-0.05, 0) is 71.7 Å². The molecule has 5 rings (SSSR count). The summed E-state index contributed by atoms with van der Waals surface area (Å²) in [5, 5.41) is 5.36. The van der Waals surface area contributed by atoms with Crippen molar-refractivity contribution in [2.75, 3.05) is 25.0 Å². The molecule has 4 heterocycles. The van der Waals surface area contributed by atoms with Gasteiger partial charge in [0.1, 0.15) is 11.5 Å². The average Bonchev–Trinajstić information content (AvgIpc) is 3.50. The highest BCUT2D eigenvalue weighted by molar-refractivity contribution is 9.10. The number of amides is 1. The molecule has 0 saturated carbocycles. The number of H-pyrrole nitrogens is 2. The van der Waals surface area contributed by atoms with E-state index in [0.29, 0.717) is 4.77 Å². The van der Waals surface area contributed by atoms with Gasteiger partial charge in [0, 0.05) is 22.9 Å². The number of carbonyl (C=O) groups excluding carboxylic acids is 1. The summed E-state index contributed by atoms with van der Waals surface area (Å²) in [7, 11) is 0. The third-order valence-electron chi connectivity index (χ3n) is 5.48. The number of hydrogen-bond acceptors (Lipinski definition) is 5. The molecule has 1 amide bonds. The summed E-state index contributed by atoms with van der Waals surface area (Å²) in [4.78, 5) is 26.4. The number of carbonyl (C=O) groups is 1. The minimum atomic E-state index is 0.115. The molecular formula is C21H21BrN6OS2. The quantitative estimate of drug-likeness (QED) is 0.313. The van der Waals surface area contributed by atoms with E-state index in [1.807, 2.05) is 33.0 Å². The second kappa shape index (κ2) is 8.60. The van der Waals surface area contributed by atoms with Crippen LogP contribution in [0, 0.1) is 4.77 Å². The first-order valence-electron chi connectivity index (χ1n) is 10.1. The summed E-state index contributed by atoms with van der Waals surface area (Å²) < 4.78 is 3.57. The van der Waals surface area contributed by atoms with Crippen LogP contribution in [0.2, 0.25) is 0 Å². The molecule has 10 heteroatoms. The van der Waals surface area contributed by atoms with Crippen molar-refractivity contribution in [2.45, 2.75) is 19.3 Å². The molecule has 1 aliphatic rings. The molecule has 1 aromatic carbocycles. The van der Waals surface area contributed by atoms with Gasteiger partial charge in [0.05, 0.1) is 34.5 Å². The Hall–Kier alpha value is -2.43. The smallest absolute Gasteiger partial charge is 0.241 e. The molecule has 3 N–H and O–H groups in total. The first-order chi connectivity index (χ1) is 15.1. The first-order valence-corrected chi connectivity index (χ1v) is 12.2. The zero-order valence-electron chi connectivity index (χ0n) is 16.7. The largest absolute Gasteiger partial charge is 0.361 e. The number of fused-ring (bicyclic) bond motifs is 1. The van der Waals surface area contributed by atoms with Gasteiger partial charge < -0.3 is 20.2 Å². The maximum absolute atomic E-state index is 12.7. The molecule has 4 aromatic rings. The number of aromatic nitrogens is 4. The summed E-state index contributed by atoms with van der Waals surface area (Å²) in [5.41, 5.74) is 3.67. The molecule has 0 unspecified atom stereocenters. The van der Waals surface area contributed by atoms with Crippen molar-refractivity contribution in [2.24, 2.45) is 0 Å². The summed E-state index contributed by atoms with van der Waals surface area (Å²) in [6, 6.07) is 8.06. The number of piperidine rings is 1. The van der Waals surface area contributed by atoms with E-state index < -0.39 is 0 Å². The van der Waals surface area contributed by atoms with Gasteiger partial charge in [-0.25, -0.2) is 4.98 Å². The molecule has 7 nitrogen and oxygen atoms in total. The monoisotopic (exact) mass is 516 g/mol. The third kappa shape index (κ3) is 4.07. The maximum Gasteiger partial charge on any atom is 0.241 e. The second-order valence-electron chi connectivity index (χ2n) is 7.52. The average molecular weight is 517 g/mol. The van der Waals surface area contributed by atoms with E-state index in [1.54, 1.807) is 17.7 Å². The van der Waals surface area contributed by atoms with Crippen molar-refractivity contribution >= 4 is 62.2 Å². The van der Waals surface area contributed by atoms with E-state index in [1.165, 1.54) is 6.42 Å².